The third kappa shape index (κ3) is 4.40. The molecule has 0 fully saturated rings. The van der Waals surface area contributed by atoms with Gasteiger partial charge in [0.25, 0.3) is 15.9 Å². The predicted molar refractivity (Wildman–Crippen MR) is 114 cm³/mol. The monoisotopic (exact) mass is 513 g/mol. The Hall–Kier alpha value is -3.34. The fourth-order valence-electron chi connectivity index (χ4n) is 3.99. The number of halogens is 6. The molecular formula is C24H17F6NO3S. The summed E-state index contributed by atoms with van der Waals surface area (Å²) in [4.78, 5) is 12.9. The van der Waals surface area contributed by atoms with Crippen LogP contribution in [-0.2, 0) is 22.4 Å². The summed E-state index contributed by atoms with van der Waals surface area (Å²) >= 11 is 0. The SMILES string of the molecule is Cc1ccc(S(=O)(=O)N2C(=O)c3ccc(C)cc3C2c2cc(C(F)(F)F)cc(C(F)(F)F)c2)cc1. The Morgan fingerprint density at radius 2 is 1.26 bits per heavy atom. The second-order valence-electron chi connectivity index (χ2n) is 8.25. The molecule has 1 unspecified atom stereocenters. The molecule has 1 heterocycles. The number of rotatable bonds is 3. The van der Waals surface area contributed by atoms with Crippen molar-refractivity contribution in [2.75, 3.05) is 0 Å². The van der Waals surface area contributed by atoms with Crippen LogP contribution in [0.25, 0.3) is 0 Å². The van der Waals surface area contributed by atoms with E-state index >= 15 is 0 Å². The molecule has 1 amide bonds. The van der Waals surface area contributed by atoms with Crippen LogP contribution in [0, 0.1) is 13.8 Å². The van der Waals surface area contributed by atoms with E-state index in [4.69, 9.17) is 0 Å². The summed E-state index contributed by atoms with van der Waals surface area (Å²) in [7, 11) is -4.66. The van der Waals surface area contributed by atoms with Gasteiger partial charge in [-0.25, -0.2) is 12.7 Å². The standard InChI is InChI=1S/C24H17F6NO3S/c1-13-3-6-18(7-4-13)35(33,34)31-21(20-9-14(2)5-8-19(20)22(31)32)15-10-16(23(25,26)27)12-17(11-15)24(28,29)30/h3-12,21H,1-2H3. The lowest BCUT2D eigenvalue weighted by Crippen LogP contribution is -2.35. The highest BCUT2D eigenvalue weighted by Gasteiger charge is 2.47. The number of nitrogens with zero attached hydrogens (tertiary/aromatic N) is 1. The van der Waals surface area contributed by atoms with Crippen LogP contribution in [0.3, 0.4) is 0 Å². The molecule has 0 bridgehead atoms. The van der Waals surface area contributed by atoms with Crippen molar-refractivity contribution < 1.29 is 39.6 Å². The van der Waals surface area contributed by atoms with E-state index in [1.165, 1.54) is 42.5 Å². The van der Waals surface area contributed by atoms with E-state index in [9.17, 15) is 39.6 Å². The number of carbonyl (C=O) groups is 1. The highest BCUT2D eigenvalue weighted by Crippen LogP contribution is 2.45. The largest absolute Gasteiger partial charge is 0.416 e. The second-order valence-corrected chi connectivity index (χ2v) is 10.1. The van der Waals surface area contributed by atoms with Crippen LogP contribution >= 0.6 is 0 Å². The normalized spacial score (nSPS) is 16.5. The molecule has 35 heavy (non-hydrogen) atoms. The number of hydrogen-bond donors (Lipinski definition) is 0. The molecule has 4 rings (SSSR count). The van der Waals surface area contributed by atoms with Gasteiger partial charge >= 0.3 is 12.4 Å². The molecule has 0 spiro atoms. The first-order chi connectivity index (χ1) is 16.1. The van der Waals surface area contributed by atoms with Crippen molar-refractivity contribution in [1.82, 2.24) is 4.31 Å². The summed E-state index contributed by atoms with van der Waals surface area (Å²) in [6.45, 7) is 3.30. The number of fused-ring (bicyclic) bond motifs is 1. The van der Waals surface area contributed by atoms with Crippen molar-refractivity contribution in [2.24, 2.45) is 0 Å². The third-order valence-corrected chi connectivity index (χ3v) is 7.43. The number of carbonyl (C=O) groups excluding carboxylic acids is 1. The van der Waals surface area contributed by atoms with Gasteiger partial charge < -0.3 is 0 Å². The first-order valence-corrected chi connectivity index (χ1v) is 11.6. The van der Waals surface area contributed by atoms with E-state index in [0.717, 1.165) is 0 Å². The predicted octanol–water partition coefficient (Wildman–Crippen LogP) is 6.28. The van der Waals surface area contributed by atoms with E-state index in [1.807, 2.05) is 0 Å². The van der Waals surface area contributed by atoms with Crippen molar-refractivity contribution >= 4 is 15.9 Å². The first-order valence-electron chi connectivity index (χ1n) is 10.2. The maximum absolute atomic E-state index is 13.5. The summed E-state index contributed by atoms with van der Waals surface area (Å²) < 4.78 is 109. The van der Waals surface area contributed by atoms with Gasteiger partial charge in [0.15, 0.2) is 0 Å². The molecule has 4 nitrogen and oxygen atoms in total. The Morgan fingerprint density at radius 1 is 0.743 bits per heavy atom. The molecule has 1 aliphatic heterocycles. The Bertz CT molecular complexity index is 1390. The number of amides is 1. The Balaban J connectivity index is 2.02. The molecule has 184 valence electrons. The number of aryl methyl sites for hydroxylation is 2. The Labute approximate surface area is 196 Å². The smallest absolute Gasteiger partial charge is 0.268 e. The lowest BCUT2D eigenvalue weighted by Gasteiger charge is -2.27. The molecule has 1 aliphatic rings. The Kier molecular flexibility index (Phi) is 5.74. The average Bonchev–Trinajstić information content (AvgIpc) is 3.04. The third-order valence-electron chi connectivity index (χ3n) is 5.67. The average molecular weight is 513 g/mol. The van der Waals surface area contributed by atoms with Gasteiger partial charge in [0.2, 0.25) is 0 Å². The maximum Gasteiger partial charge on any atom is 0.416 e. The lowest BCUT2D eigenvalue weighted by molar-refractivity contribution is -0.143. The van der Waals surface area contributed by atoms with Crippen LogP contribution in [0.1, 0.15) is 49.8 Å². The summed E-state index contributed by atoms with van der Waals surface area (Å²) in [6.07, 6.45) is -10.3. The van der Waals surface area contributed by atoms with Crippen molar-refractivity contribution in [1.29, 1.82) is 0 Å². The molecule has 3 aromatic rings. The van der Waals surface area contributed by atoms with Crippen molar-refractivity contribution in [3.8, 4) is 0 Å². The highest BCUT2D eigenvalue weighted by molar-refractivity contribution is 7.89. The number of sulfonamides is 1. The molecule has 0 aromatic heterocycles. The van der Waals surface area contributed by atoms with Crippen LogP contribution in [0.4, 0.5) is 26.3 Å². The zero-order valence-corrected chi connectivity index (χ0v) is 19.0. The molecule has 3 aromatic carbocycles. The highest BCUT2D eigenvalue weighted by atomic mass is 32.2. The van der Waals surface area contributed by atoms with Gasteiger partial charge in [0, 0.05) is 5.56 Å². The van der Waals surface area contributed by atoms with E-state index < -0.39 is 51.0 Å². The van der Waals surface area contributed by atoms with Gasteiger partial charge in [-0.3, -0.25) is 4.79 Å². The fraction of sp³-hybridized carbons (Fsp3) is 0.208. The molecule has 0 aliphatic carbocycles. The lowest BCUT2D eigenvalue weighted by atomic mass is 9.94. The fourth-order valence-corrected chi connectivity index (χ4v) is 5.53. The van der Waals surface area contributed by atoms with Gasteiger partial charge in [-0.1, -0.05) is 35.4 Å². The van der Waals surface area contributed by atoms with E-state index in [-0.39, 0.29) is 22.1 Å². The molecule has 0 saturated carbocycles. The molecule has 11 heteroatoms. The van der Waals surface area contributed by atoms with Crippen LogP contribution in [-0.4, -0.2) is 18.6 Å². The Morgan fingerprint density at radius 3 is 1.77 bits per heavy atom. The molecule has 1 atom stereocenters. The molecule has 0 saturated heterocycles. The minimum atomic E-state index is -5.14. The first kappa shape index (κ1) is 24.8. The van der Waals surface area contributed by atoms with E-state index in [0.29, 0.717) is 27.6 Å². The minimum Gasteiger partial charge on any atom is -0.268 e. The van der Waals surface area contributed by atoms with Crippen molar-refractivity contribution in [3.63, 3.8) is 0 Å². The molecular weight excluding hydrogens is 496 g/mol. The second kappa shape index (κ2) is 8.11. The summed E-state index contributed by atoms with van der Waals surface area (Å²) in [6, 6.07) is 8.68. The molecule has 0 N–H and O–H groups in total. The van der Waals surface area contributed by atoms with Crippen molar-refractivity contribution in [2.45, 2.75) is 37.1 Å². The number of hydrogen-bond acceptors (Lipinski definition) is 3. The quantitative estimate of drug-likeness (QED) is 0.388. The van der Waals surface area contributed by atoms with Crippen LogP contribution in [0.15, 0.2) is 65.6 Å². The maximum atomic E-state index is 13.5. The summed E-state index contributed by atoms with van der Waals surface area (Å²) in [5, 5.41) is 0. The van der Waals surface area contributed by atoms with Crippen molar-refractivity contribution in [3.05, 3.63) is 99.6 Å². The van der Waals surface area contributed by atoms with Gasteiger partial charge in [-0.05, 0) is 61.4 Å². The topological polar surface area (TPSA) is 54.5 Å². The zero-order valence-electron chi connectivity index (χ0n) is 18.2. The van der Waals surface area contributed by atoms with E-state index in [2.05, 4.69) is 0 Å². The summed E-state index contributed by atoms with van der Waals surface area (Å²) in [5.41, 5.74) is -2.72. The minimum absolute atomic E-state index is 0.00173. The number of benzene rings is 3. The number of alkyl halides is 6. The van der Waals surface area contributed by atoms with Crippen LogP contribution in [0.5, 0.6) is 0 Å². The zero-order chi connectivity index (χ0) is 25.9. The van der Waals surface area contributed by atoms with Crippen LogP contribution in [0.2, 0.25) is 0 Å². The van der Waals surface area contributed by atoms with Gasteiger partial charge in [-0.15, -0.1) is 0 Å². The van der Waals surface area contributed by atoms with Gasteiger partial charge in [0.05, 0.1) is 22.1 Å². The summed E-state index contributed by atoms with van der Waals surface area (Å²) in [5.74, 6) is -1.04. The van der Waals surface area contributed by atoms with Gasteiger partial charge in [-0.2, -0.15) is 26.3 Å². The van der Waals surface area contributed by atoms with Gasteiger partial charge in [0.1, 0.15) is 0 Å². The van der Waals surface area contributed by atoms with Crippen LogP contribution < -0.4 is 0 Å². The molecule has 0 radical (unpaired) electrons. The van der Waals surface area contributed by atoms with E-state index in [1.54, 1.807) is 13.8 Å².